The van der Waals surface area contributed by atoms with Crippen molar-refractivity contribution in [2.45, 2.75) is 6.42 Å². The van der Waals surface area contributed by atoms with Crippen LogP contribution in [0.1, 0.15) is 11.1 Å². The Bertz CT molecular complexity index is 1250. The zero-order valence-electron chi connectivity index (χ0n) is 18.7. The van der Waals surface area contributed by atoms with Crippen molar-refractivity contribution < 1.29 is 23.8 Å². The standard InChI is InChI=1S/C27H24N2O5/c1-32-21-10-7-18(8-11-21)13-14-29-26(30)24(19-5-3-2-4-6-19)25(27(29)31)28-20-9-12-22-23(17-20)34-16-15-33-22/h2-12,17,28H,13-16H2,1H3. The Balaban J connectivity index is 1.42. The zero-order valence-corrected chi connectivity index (χ0v) is 18.7. The maximum atomic E-state index is 13.4. The van der Waals surface area contributed by atoms with Gasteiger partial charge < -0.3 is 19.5 Å². The number of imide groups is 1. The second kappa shape index (κ2) is 9.31. The van der Waals surface area contributed by atoms with E-state index in [2.05, 4.69) is 5.32 Å². The fourth-order valence-corrected chi connectivity index (χ4v) is 4.07. The number of hydrogen-bond donors (Lipinski definition) is 1. The number of rotatable bonds is 7. The van der Waals surface area contributed by atoms with E-state index in [1.165, 1.54) is 4.90 Å². The molecule has 0 bridgehead atoms. The van der Waals surface area contributed by atoms with Crippen LogP contribution < -0.4 is 19.5 Å². The number of carbonyl (C=O) groups is 2. The third-order valence-electron chi connectivity index (χ3n) is 5.83. The van der Waals surface area contributed by atoms with Crippen LogP contribution in [-0.2, 0) is 16.0 Å². The summed E-state index contributed by atoms with van der Waals surface area (Å²) in [6.45, 7) is 1.23. The molecule has 0 saturated heterocycles. The van der Waals surface area contributed by atoms with Gasteiger partial charge in [0.05, 0.1) is 12.7 Å². The van der Waals surface area contributed by atoms with Crippen molar-refractivity contribution in [3.63, 3.8) is 0 Å². The minimum atomic E-state index is -0.354. The van der Waals surface area contributed by atoms with Crippen LogP contribution >= 0.6 is 0 Å². The van der Waals surface area contributed by atoms with Crippen LogP contribution in [0, 0.1) is 0 Å². The van der Waals surface area contributed by atoms with E-state index in [0.717, 1.165) is 11.3 Å². The van der Waals surface area contributed by atoms with Crippen molar-refractivity contribution in [2.24, 2.45) is 0 Å². The summed E-state index contributed by atoms with van der Waals surface area (Å²) in [7, 11) is 1.61. The van der Waals surface area contributed by atoms with E-state index in [4.69, 9.17) is 14.2 Å². The summed E-state index contributed by atoms with van der Waals surface area (Å²) in [5, 5.41) is 3.18. The average molecular weight is 456 g/mol. The molecule has 0 aromatic heterocycles. The molecule has 7 nitrogen and oxygen atoms in total. The maximum absolute atomic E-state index is 13.4. The summed E-state index contributed by atoms with van der Waals surface area (Å²) in [6.07, 6.45) is 0.543. The topological polar surface area (TPSA) is 77.1 Å². The molecule has 0 saturated carbocycles. The van der Waals surface area contributed by atoms with Crippen molar-refractivity contribution in [1.82, 2.24) is 4.90 Å². The van der Waals surface area contributed by atoms with E-state index in [0.29, 0.717) is 48.0 Å². The first-order valence-electron chi connectivity index (χ1n) is 11.1. The minimum Gasteiger partial charge on any atom is -0.497 e. The molecular weight excluding hydrogens is 432 g/mol. The lowest BCUT2D eigenvalue weighted by Crippen LogP contribution is -2.34. The Kier molecular flexibility index (Phi) is 5.91. The number of nitrogens with one attached hydrogen (secondary N) is 1. The molecule has 0 aliphatic carbocycles. The number of methoxy groups -OCH3 is 1. The van der Waals surface area contributed by atoms with Crippen molar-refractivity contribution >= 4 is 23.1 Å². The van der Waals surface area contributed by atoms with Crippen LogP contribution in [0.2, 0.25) is 0 Å². The smallest absolute Gasteiger partial charge is 0.278 e. The van der Waals surface area contributed by atoms with Crippen LogP contribution in [0.3, 0.4) is 0 Å². The number of benzene rings is 3. The number of nitrogens with zero attached hydrogens (tertiary/aromatic N) is 1. The number of ether oxygens (including phenoxy) is 3. The number of anilines is 1. The fraction of sp³-hybridized carbons (Fsp3) is 0.185. The lowest BCUT2D eigenvalue weighted by atomic mass is 10.0. The molecule has 1 N–H and O–H groups in total. The van der Waals surface area contributed by atoms with Gasteiger partial charge in [-0.25, -0.2) is 0 Å². The molecule has 2 aliphatic rings. The highest BCUT2D eigenvalue weighted by atomic mass is 16.6. The quantitative estimate of drug-likeness (QED) is 0.544. The van der Waals surface area contributed by atoms with Crippen LogP contribution in [0.5, 0.6) is 17.2 Å². The third kappa shape index (κ3) is 4.20. The van der Waals surface area contributed by atoms with Crippen LogP contribution in [-0.4, -0.2) is 43.6 Å². The number of hydrogen-bond acceptors (Lipinski definition) is 6. The van der Waals surface area contributed by atoms with Gasteiger partial charge in [-0.05, 0) is 41.8 Å². The first kappa shape index (κ1) is 21.6. The van der Waals surface area contributed by atoms with Gasteiger partial charge in [0.2, 0.25) is 0 Å². The average Bonchev–Trinajstić information content (AvgIpc) is 3.12. The first-order chi connectivity index (χ1) is 16.6. The molecule has 3 aromatic carbocycles. The molecule has 2 heterocycles. The Hall–Kier alpha value is -4.26. The Morgan fingerprint density at radius 2 is 1.62 bits per heavy atom. The maximum Gasteiger partial charge on any atom is 0.278 e. The summed E-state index contributed by atoms with van der Waals surface area (Å²) < 4.78 is 16.4. The Morgan fingerprint density at radius 1 is 0.882 bits per heavy atom. The van der Waals surface area contributed by atoms with Gasteiger partial charge in [0.25, 0.3) is 11.8 Å². The summed E-state index contributed by atoms with van der Waals surface area (Å²) in [5.41, 5.74) is 2.95. The predicted octanol–water partition coefficient (Wildman–Crippen LogP) is 3.90. The second-order valence-electron chi connectivity index (χ2n) is 7.96. The lowest BCUT2D eigenvalue weighted by molar-refractivity contribution is -0.136. The monoisotopic (exact) mass is 456 g/mol. The predicted molar refractivity (Wildman–Crippen MR) is 128 cm³/mol. The summed E-state index contributed by atoms with van der Waals surface area (Å²) in [5.74, 6) is 1.35. The largest absolute Gasteiger partial charge is 0.497 e. The zero-order chi connectivity index (χ0) is 23.5. The molecule has 2 amide bonds. The normalized spacial score (nSPS) is 15.0. The van der Waals surface area contributed by atoms with Crippen molar-refractivity contribution in [3.8, 4) is 17.2 Å². The molecular formula is C27H24N2O5. The molecule has 34 heavy (non-hydrogen) atoms. The van der Waals surface area contributed by atoms with Gasteiger partial charge in [0.1, 0.15) is 24.7 Å². The molecule has 0 unspecified atom stereocenters. The van der Waals surface area contributed by atoms with Gasteiger partial charge in [-0.2, -0.15) is 0 Å². The van der Waals surface area contributed by atoms with E-state index in [9.17, 15) is 9.59 Å². The highest BCUT2D eigenvalue weighted by molar-refractivity contribution is 6.36. The van der Waals surface area contributed by atoms with Gasteiger partial charge in [-0.1, -0.05) is 42.5 Å². The molecule has 0 radical (unpaired) electrons. The summed E-state index contributed by atoms with van der Waals surface area (Å²) in [6, 6.07) is 22.2. The number of carbonyl (C=O) groups excluding carboxylic acids is 2. The summed E-state index contributed by atoms with van der Waals surface area (Å²) in [4.78, 5) is 28.1. The molecule has 0 atom stereocenters. The van der Waals surface area contributed by atoms with E-state index < -0.39 is 0 Å². The van der Waals surface area contributed by atoms with Gasteiger partial charge in [0.15, 0.2) is 11.5 Å². The van der Waals surface area contributed by atoms with Crippen LogP contribution in [0.25, 0.3) is 5.57 Å². The van der Waals surface area contributed by atoms with Gasteiger partial charge >= 0.3 is 0 Å². The molecule has 172 valence electrons. The second-order valence-corrected chi connectivity index (χ2v) is 7.96. The van der Waals surface area contributed by atoms with E-state index >= 15 is 0 Å². The Morgan fingerprint density at radius 3 is 2.35 bits per heavy atom. The third-order valence-corrected chi connectivity index (χ3v) is 5.83. The van der Waals surface area contributed by atoms with E-state index in [-0.39, 0.29) is 24.1 Å². The van der Waals surface area contributed by atoms with Gasteiger partial charge in [-0.15, -0.1) is 0 Å². The summed E-state index contributed by atoms with van der Waals surface area (Å²) >= 11 is 0. The molecule has 0 fully saturated rings. The first-order valence-corrected chi connectivity index (χ1v) is 11.1. The SMILES string of the molecule is COc1ccc(CCN2C(=O)C(Nc3ccc4c(c3)OCCO4)=C(c3ccccc3)C2=O)cc1. The number of amides is 2. The minimum absolute atomic E-state index is 0.252. The van der Waals surface area contributed by atoms with Crippen molar-refractivity contribution in [2.75, 3.05) is 32.2 Å². The molecule has 2 aliphatic heterocycles. The number of fused-ring (bicyclic) bond motifs is 1. The van der Waals surface area contributed by atoms with Gasteiger partial charge in [0, 0.05) is 18.3 Å². The van der Waals surface area contributed by atoms with Crippen molar-refractivity contribution in [1.29, 1.82) is 0 Å². The van der Waals surface area contributed by atoms with Gasteiger partial charge in [-0.3, -0.25) is 14.5 Å². The van der Waals surface area contributed by atoms with E-state index in [1.807, 2.05) is 54.6 Å². The molecule has 0 spiro atoms. The molecule has 5 rings (SSSR count). The van der Waals surface area contributed by atoms with Crippen LogP contribution in [0.15, 0.2) is 78.5 Å². The Labute approximate surface area is 197 Å². The highest BCUT2D eigenvalue weighted by Crippen LogP contribution is 2.35. The highest BCUT2D eigenvalue weighted by Gasteiger charge is 2.39. The van der Waals surface area contributed by atoms with Crippen molar-refractivity contribution in [3.05, 3.63) is 89.6 Å². The fourth-order valence-electron chi connectivity index (χ4n) is 4.07. The van der Waals surface area contributed by atoms with E-state index in [1.54, 1.807) is 25.3 Å². The van der Waals surface area contributed by atoms with Crippen LogP contribution in [0.4, 0.5) is 5.69 Å². The molecule has 3 aromatic rings. The lowest BCUT2D eigenvalue weighted by Gasteiger charge is -2.19. The molecule has 7 heteroatoms.